The predicted octanol–water partition coefficient (Wildman–Crippen LogP) is 1.55. The number of sulfonamides is 1. The molecule has 1 unspecified atom stereocenters. The van der Waals surface area contributed by atoms with Crippen LogP contribution in [0.3, 0.4) is 0 Å². The summed E-state index contributed by atoms with van der Waals surface area (Å²) in [5.41, 5.74) is 0.778. The van der Waals surface area contributed by atoms with Crippen molar-refractivity contribution in [3.8, 4) is 0 Å². The molecule has 0 radical (unpaired) electrons. The van der Waals surface area contributed by atoms with Crippen molar-refractivity contribution < 1.29 is 8.42 Å². The van der Waals surface area contributed by atoms with E-state index in [4.69, 9.17) is 0 Å². The third kappa shape index (κ3) is 4.76. The van der Waals surface area contributed by atoms with E-state index in [2.05, 4.69) is 35.4 Å². The standard InChI is InChI=1S/C17H29N3O2S/c1-14(2)16(20-11-9-19(4)10-12-20)13-18-23(21,22)17-8-6-5-7-15(17)3/h5-8,14,16,18H,9-13H2,1-4H3. The van der Waals surface area contributed by atoms with Gasteiger partial charge in [0.25, 0.3) is 0 Å². The van der Waals surface area contributed by atoms with Crippen molar-refractivity contribution in [2.45, 2.75) is 31.7 Å². The minimum Gasteiger partial charge on any atom is -0.304 e. The van der Waals surface area contributed by atoms with E-state index in [0.717, 1.165) is 31.7 Å². The summed E-state index contributed by atoms with van der Waals surface area (Å²) >= 11 is 0. The lowest BCUT2D eigenvalue weighted by atomic mass is 10.0. The van der Waals surface area contributed by atoms with Gasteiger partial charge in [-0.05, 0) is 31.5 Å². The number of nitrogens with one attached hydrogen (secondary N) is 1. The molecular formula is C17H29N3O2S. The summed E-state index contributed by atoms with van der Waals surface area (Å²) in [4.78, 5) is 5.09. The molecule has 0 bridgehead atoms. The summed E-state index contributed by atoms with van der Waals surface area (Å²) in [6.45, 7) is 10.7. The van der Waals surface area contributed by atoms with E-state index in [9.17, 15) is 8.42 Å². The van der Waals surface area contributed by atoms with Crippen molar-refractivity contribution in [1.82, 2.24) is 14.5 Å². The molecule has 5 nitrogen and oxygen atoms in total. The van der Waals surface area contributed by atoms with Crippen molar-refractivity contribution >= 4 is 10.0 Å². The second kappa shape index (κ2) is 7.75. The molecule has 1 fully saturated rings. The van der Waals surface area contributed by atoms with Crippen LogP contribution < -0.4 is 4.72 Å². The Morgan fingerprint density at radius 3 is 2.30 bits per heavy atom. The minimum atomic E-state index is -3.46. The third-order valence-electron chi connectivity index (χ3n) is 4.64. The lowest BCUT2D eigenvalue weighted by molar-refractivity contribution is 0.0905. The first kappa shape index (κ1) is 18.4. The van der Waals surface area contributed by atoms with Gasteiger partial charge < -0.3 is 4.90 Å². The van der Waals surface area contributed by atoms with Gasteiger partial charge in [-0.15, -0.1) is 0 Å². The summed E-state index contributed by atoms with van der Waals surface area (Å²) in [6, 6.07) is 7.34. The number of hydrogen-bond donors (Lipinski definition) is 1. The SMILES string of the molecule is Cc1ccccc1S(=O)(=O)NCC(C(C)C)N1CCN(C)CC1. The topological polar surface area (TPSA) is 52.7 Å². The van der Waals surface area contributed by atoms with E-state index in [0.29, 0.717) is 17.4 Å². The van der Waals surface area contributed by atoms with Gasteiger partial charge in [0, 0.05) is 38.8 Å². The molecule has 1 aliphatic heterocycles. The van der Waals surface area contributed by atoms with Gasteiger partial charge >= 0.3 is 0 Å². The van der Waals surface area contributed by atoms with Gasteiger partial charge in [-0.25, -0.2) is 13.1 Å². The third-order valence-corrected chi connectivity index (χ3v) is 6.23. The van der Waals surface area contributed by atoms with Crippen LogP contribution in [0.1, 0.15) is 19.4 Å². The number of benzene rings is 1. The molecule has 0 saturated carbocycles. The maximum Gasteiger partial charge on any atom is 0.240 e. The number of aryl methyl sites for hydroxylation is 1. The molecule has 6 heteroatoms. The molecule has 0 aliphatic carbocycles. The number of likely N-dealkylation sites (N-methyl/N-ethyl adjacent to an activating group) is 1. The highest BCUT2D eigenvalue weighted by atomic mass is 32.2. The Hall–Kier alpha value is -0.950. The molecule has 1 aromatic rings. The largest absolute Gasteiger partial charge is 0.304 e. The summed E-state index contributed by atoms with van der Waals surface area (Å²) in [5.74, 6) is 0.401. The molecule has 1 aliphatic rings. The van der Waals surface area contributed by atoms with Crippen LogP contribution in [0.5, 0.6) is 0 Å². The number of nitrogens with zero attached hydrogens (tertiary/aromatic N) is 2. The Morgan fingerprint density at radius 2 is 1.74 bits per heavy atom. The molecule has 1 saturated heterocycles. The van der Waals surface area contributed by atoms with E-state index in [1.165, 1.54) is 0 Å². The fourth-order valence-corrected chi connectivity index (χ4v) is 4.37. The zero-order valence-corrected chi connectivity index (χ0v) is 15.4. The fraction of sp³-hybridized carbons (Fsp3) is 0.647. The van der Waals surface area contributed by atoms with Crippen LogP contribution in [-0.2, 0) is 10.0 Å². The second-order valence-electron chi connectivity index (χ2n) is 6.77. The molecule has 130 valence electrons. The molecule has 1 heterocycles. The molecule has 1 aromatic carbocycles. The van der Waals surface area contributed by atoms with Crippen LogP contribution in [0.15, 0.2) is 29.2 Å². The first-order chi connectivity index (χ1) is 10.8. The van der Waals surface area contributed by atoms with Crippen molar-refractivity contribution in [2.24, 2.45) is 5.92 Å². The smallest absolute Gasteiger partial charge is 0.240 e. The molecular weight excluding hydrogens is 310 g/mol. The van der Waals surface area contributed by atoms with Crippen LogP contribution in [0.4, 0.5) is 0 Å². The normalized spacial score (nSPS) is 19.2. The number of rotatable bonds is 6. The maximum absolute atomic E-state index is 12.6. The maximum atomic E-state index is 12.6. The van der Waals surface area contributed by atoms with Crippen LogP contribution in [0.25, 0.3) is 0 Å². The molecule has 0 spiro atoms. The van der Waals surface area contributed by atoms with Gasteiger partial charge in [0.2, 0.25) is 10.0 Å². The van der Waals surface area contributed by atoms with Gasteiger partial charge in [0.1, 0.15) is 0 Å². The first-order valence-electron chi connectivity index (χ1n) is 8.29. The lowest BCUT2D eigenvalue weighted by Gasteiger charge is -2.39. The van der Waals surface area contributed by atoms with Crippen LogP contribution in [0.2, 0.25) is 0 Å². The zero-order chi connectivity index (χ0) is 17.0. The molecule has 2 rings (SSSR count). The summed E-state index contributed by atoms with van der Waals surface area (Å²) < 4.78 is 28.0. The van der Waals surface area contributed by atoms with Gasteiger partial charge in [0.05, 0.1) is 4.90 Å². The van der Waals surface area contributed by atoms with E-state index in [-0.39, 0.29) is 6.04 Å². The average Bonchev–Trinajstić information content (AvgIpc) is 2.49. The summed E-state index contributed by atoms with van der Waals surface area (Å²) in [6.07, 6.45) is 0. The molecule has 1 atom stereocenters. The van der Waals surface area contributed by atoms with Gasteiger partial charge in [-0.2, -0.15) is 0 Å². The van der Waals surface area contributed by atoms with Crippen molar-refractivity contribution in [3.63, 3.8) is 0 Å². The Kier molecular flexibility index (Phi) is 6.19. The molecule has 1 N–H and O–H groups in total. The zero-order valence-electron chi connectivity index (χ0n) is 14.6. The van der Waals surface area contributed by atoms with Crippen molar-refractivity contribution in [2.75, 3.05) is 39.8 Å². The second-order valence-corrected chi connectivity index (χ2v) is 8.50. The van der Waals surface area contributed by atoms with E-state index < -0.39 is 10.0 Å². The van der Waals surface area contributed by atoms with Crippen molar-refractivity contribution in [3.05, 3.63) is 29.8 Å². The Balaban J connectivity index is 2.05. The van der Waals surface area contributed by atoms with Gasteiger partial charge in [-0.3, -0.25) is 4.90 Å². The van der Waals surface area contributed by atoms with E-state index in [1.54, 1.807) is 12.1 Å². The summed E-state index contributed by atoms with van der Waals surface area (Å²) in [5, 5.41) is 0. The highest BCUT2D eigenvalue weighted by Gasteiger charge is 2.27. The highest BCUT2D eigenvalue weighted by molar-refractivity contribution is 7.89. The number of hydrogen-bond acceptors (Lipinski definition) is 4. The Bertz CT molecular complexity index is 608. The van der Waals surface area contributed by atoms with E-state index in [1.807, 2.05) is 19.1 Å². The predicted molar refractivity (Wildman–Crippen MR) is 94.1 cm³/mol. The van der Waals surface area contributed by atoms with Crippen LogP contribution >= 0.6 is 0 Å². The average molecular weight is 340 g/mol. The number of piperazine rings is 1. The minimum absolute atomic E-state index is 0.225. The summed E-state index contributed by atoms with van der Waals surface area (Å²) in [7, 11) is -1.33. The van der Waals surface area contributed by atoms with Gasteiger partial charge in [0.15, 0.2) is 0 Å². The molecule has 23 heavy (non-hydrogen) atoms. The first-order valence-corrected chi connectivity index (χ1v) is 9.77. The van der Waals surface area contributed by atoms with Crippen LogP contribution in [0, 0.1) is 12.8 Å². The highest BCUT2D eigenvalue weighted by Crippen LogP contribution is 2.16. The Labute approximate surface area is 140 Å². The monoisotopic (exact) mass is 339 g/mol. The lowest BCUT2D eigenvalue weighted by Crippen LogP contribution is -2.54. The fourth-order valence-electron chi connectivity index (χ4n) is 3.07. The molecule has 0 amide bonds. The van der Waals surface area contributed by atoms with Crippen LogP contribution in [-0.4, -0.2) is 64.0 Å². The van der Waals surface area contributed by atoms with E-state index >= 15 is 0 Å². The Morgan fingerprint density at radius 1 is 1.13 bits per heavy atom. The molecule has 0 aromatic heterocycles. The quantitative estimate of drug-likeness (QED) is 0.854. The van der Waals surface area contributed by atoms with Crippen molar-refractivity contribution in [1.29, 1.82) is 0 Å². The van der Waals surface area contributed by atoms with Gasteiger partial charge in [-0.1, -0.05) is 32.0 Å².